The Hall–Kier alpha value is -0.830. The van der Waals surface area contributed by atoms with Gasteiger partial charge in [0.15, 0.2) is 0 Å². The van der Waals surface area contributed by atoms with Gasteiger partial charge in [0.1, 0.15) is 0 Å². The van der Waals surface area contributed by atoms with Crippen molar-refractivity contribution in [3.8, 4) is 0 Å². The van der Waals surface area contributed by atoms with Gasteiger partial charge in [-0.05, 0) is 24.6 Å². The van der Waals surface area contributed by atoms with E-state index >= 15 is 0 Å². The van der Waals surface area contributed by atoms with Gasteiger partial charge in [-0.15, -0.1) is 24.8 Å². The number of hydrogen-bond acceptors (Lipinski definition) is 2. The number of nitrogens with zero attached hydrogens (tertiary/aromatic N) is 1. The molecule has 2 rings (SSSR count). The maximum absolute atomic E-state index is 5.85. The first-order valence-electron chi connectivity index (χ1n) is 4.38. The molecule has 0 aliphatic heterocycles. The Bertz CT molecular complexity index is 424. The van der Waals surface area contributed by atoms with Crippen LogP contribution in [-0.4, -0.2) is 4.98 Å². The summed E-state index contributed by atoms with van der Waals surface area (Å²) in [5.41, 5.74) is 8.02. The van der Waals surface area contributed by atoms with Crippen LogP contribution in [0.25, 0.3) is 10.9 Å². The number of pyridine rings is 1. The molecule has 0 radical (unpaired) electrons. The Morgan fingerprint density at radius 3 is 2.53 bits per heavy atom. The summed E-state index contributed by atoms with van der Waals surface area (Å²) in [5.74, 6) is 0. The summed E-state index contributed by atoms with van der Waals surface area (Å²) in [6.45, 7) is 1.99. The minimum absolute atomic E-state index is 0. The van der Waals surface area contributed by atoms with Crippen LogP contribution in [0.4, 0.5) is 0 Å². The first-order valence-corrected chi connectivity index (χ1v) is 4.38. The van der Waals surface area contributed by atoms with Gasteiger partial charge in [0.05, 0.1) is 5.52 Å². The average Bonchev–Trinajstić information content (AvgIpc) is 2.17. The van der Waals surface area contributed by atoms with E-state index in [1.165, 1.54) is 0 Å². The highest BCUT2D eigenvalue weighted by atomic mass is 35.5. The molecule has 82 valence electrons. The van der Waals surface area contributed by atoms with Crippen LogP contribution in [0.15, 0.2) is 36.5 Å². The molecule has 0 fully saturated rings. The van der Waals surface area contributed by atoms with E-state index in [9.17, 15) is 0 Å². The summed E-state index contributed by atoms with van der Waals surface area (Å²) in [5, 5.41) is 1.15. The number of halogens is 2. The summed E-state index contributed by atoms with van der Waals surface area (Å²) in [6, 6.07) is 10.1. The molecular formula is C11H14Cl2N2. The minimum Gasteiger partial charge on any atom is -0.324 e. The van der Waals surface area contributed by atoms with Gasteiger partial charge in [0, 0.05) is 17.6 Å². The predicted molar refractivity (Wildman–Crippen MR) is 68.8 cm³/mol. The van der Waals surface area contributed by atoms with Crippen molar-refractivity contribution in [2.24, 2.45) is 5.73 Å². The zero-order valence-corrected chi connectivity index (χ0v) is 10.0. The van der Waals surface area contributed by atoms with Crippen molar-refractivity contribution in [1.29, 1.82) is 0 Å². The van der Waals surface area contributed by atoms with E-state index in [1.807, 2.05) is 25.1 Å². The van der Waals surface area contributed by atoms with Gasteiger partial charge in [-0.25, -0.2) is 0 Å². The van der Waals surface area contributed by atoms with Crippen LogP contribution >= 0.6 is 24.8 Å². The van der Waals surface area contributed by atoms with Crippen LogP contribution in [-0.2, 0) is 0 Å². The third-order valence-corrected chi connectivity index (χ3v) is 2.17. The van der Waals surface area contributed by atoms with Crippen molar-refractivity contribution < 1.29 is 0 Å². The van der Waals surface area contributed by atoms with Gasteiger partial charge in [-0.3, -0.25) is 4.98 Å². The molecule has 2 aromatic rings. The summed E-state index contributed by atoms with van der Waals surface area (Å²) in [6.07, 6.45) is 1.80. The van der Waals surface area contributed by atoms with Crippen molar-refractivity contribution in [3.63, 3.8) is 0 Å². The first-order chi connectivity index (χ1) is 6.29. The number of rotatable bonds is 1. The molecule has 0 aliphatic carbocycles. The van der Waals surface area contributed by atoms with E-state index < -0.39 is 0 Å². The largest absolute Gasteiger partial charge is 0.324 e. The molecule has 15 heavy (non-hydrogen) atoms. The Morgan fingerprint density at radius 2 is 1.87 bits per heavy atom. The van der Waals surface area contributed by atoms with E-state index in [4.69, 9.17) is 5.73 Å². The van der Waals surface area contributed by atoms with Gasteiger partial charge in [-0.2, -0.15) is 0 Å². The molecule has 0 bridgehead atoms. The smallest absolute Gasteiger partial charge is 0.0705 e. The molecule has 0 aliphatic rings. The normalized spacial score (nSPS) is 11.3. The maximum Gasteiger partial charge on any atom is 0.0705 e. The molecule has 2 nitrogen and oxygen atoms in total. The molecule has 0 saturated heterocycles. The molecule has 1 heterocycles. The second-order valence-corrected chi connectivity index (χ2v) is 3.21. The predicted octanol–water partition coefficient (Wildman–Crippen LogP) is 3.10. The minimum atomic E-state index is 0. The van der Waals surface area contributed by atoms with Crippen molar-refractivity contribution in [1.82, 2.24) is 4.98 Å². The summed E-state index contributed by atoms with van der Waals surface area (Å²) in [7, 11) is 0. The van der Waals surface area contributed by atoms with E-state index in [2.05, 4.69) is 17.1 Å². The van der Waals surface area contributed by atoms with E-state index in [-0.39, 0.29) is 30.9 Å². The lowest BCUT2D eigenvalue weighted by molar-refractivity contribution is 0.826. The van der Waals surface area contributed by atoms with Crippen LogP contribution < -0.4 is 5.73 Å². The molecule has 2 N–H and O–H groups in total. The zero-order chi connectivity index (χ0) is 9.26. The number of benzene rings is 1. The molecule has 4 heteroatoms. The number of aromatic nitrogens is 1. The highest BCUT2D eigenvalue weighted by Gasteiger charge is 2.03. The fraction of sp³-hybridized carbons (Fsp3) is 0.182. The zero-order valence-electron chi connectivity index (χ0n) is 8.38. The molecule has 1 atom stereocenters. The van der Waals surface area contributed by atoms with Gasteiger partial charge in [0.2, 0.25) is 0 Å². The third-order valence-electron chi connectivity index (χ3n) is 2.17. The van der Waals surface area contributed by atoms with Crippen molar-refractivity contribution >= 4 is 35.7 Å². The Kier molecular flexibility index (Phi) is 5.58. The molecule has 0 amide bonds. The Labute approximate surface area is 102 Å². The topological polar surface area (TPSA) is 38.9 Å². The van der Waals surface area contributed by atoms with E-state index in [0.29, 0.717) is 0 Å². The number of hydrogen-bond donors (Lipinski definition) is 1. The molecule has 0 spiro atoms. The van der Waals surface area contributed by atoms with Crippen LogP contribution in [0.1, 0.15) is 18.5 Å². The summed E-state index contributed by atoms with van der Waals surface area (Å²) < 4.78 is 0. The second-order valence-electron chi connectivity index (χ2n) is 3.21. The highest BCUT2D eigenvalue weighted by molar-refractivity contribution is 5.85. The summed E-state index contributed by atoms with van der Waals surface area (Å²) >= 11 is 0. The van der Waals surface area contributed by atoms with Crippen LogP contribution in [0.3, 0.4) is 0 Å². The first kappa shape index (κ1) is 14.2. The van der Waals surface area contributed by atoms with Crippen molar-refractivity contribution in [2.45, 2.75) is 13.0 Å². The van der Waals surface area contributed by atoms with Crippen molar-refractivity contribution in [2.75, 3.05) is 0 Å². The van der Waals surface area contributed by atoms with Gasteiger partial charge < -0.3 is 5.73 Å². The monoisotopic (exact) mass is 244 g/mol. The van der Waals surface area contributed by atoms with Crippen LogP contribution in [0.5, 0.6) is 0 Å². The molecule has 1 aromatic heterocycles. The van der Waals surface area contributed by atoms with Gasteiger partial charge >= 0.3 is 0 Å². The number of nitrogens with two attached hydrogens (primary N) is 1. The fourth-order valence-electron chi connectivity index (χ4n) is 1.52. The summed E-state index contributed by atoms with van der Waals surface area (Å²) in [4.78, 5) is 4.27. The molecule has 0 saturated carbocycles. The SMILES string of the molecule is C[C@H](N)c1cccc2ncccc12.Cl.Cl. The third kappa shape index (κ3) is 2.81. The molecule has 0 unspecified atom stereocenters. The lowest BCUT2D eigenvalue weighted by Crippen LogP contribution is -2.05. The van der Waals surface area contributed by atoms with Crippen molar-refractivity contribution in [3.05, 3.63) is 42.1 Å². The van der Waals surface area contributed by atoms with Gasteiger partial charge in [-0.1, -0.05) is 18.2 Å². The van der Waals surface area contributed by atoms with Gasteiger partial charge in [0.25, 0.3) is 0 Å². The Morgan fingerprint density at radius 1 is 1.13 bits per heavy atom. The maximum atomic E-state index is 5.85. The van der Waals surface area contributed by atoms with Crippen LogP contribution in [0, 0.1) is 0 Å². The van der Waals surface area contributed by atoms with E-state index in [1.54, 1.807) is 6.20 Å². The lowest BCUT2D eigenvalue weighted by atomic mass is 10.0. The standard InChI is InChI=1S/C11H12N2.2ClH/c1-8(12)9-4-2-6-11-10(9)5-3-7-13-11;;/h2-8H,12H2,1H3;2*1H/t8-;;/m0../s1. The lowest BCUT2D eigenvalue weighted by Gasteiger charge is -2.08. The average molecular weight is 245 g/mol. The number of fused-ring (bicyclic) bond motifs is 1. The second kappa shape index (κ2) is 5.91. The fourth-order valence-corrected chi connectivity index (χ4v) is 1.52. The molecule has 1 aromatic carbocycles. The highest BCUT2D eigenvalue weighted by Crippen LogP contribution is 2.20. The molecular weight excluding hydrogens is 231 g/mol. The Balaban J connectivity index is 0.000000980. The van der Waals surface area contributed by atoms with Crippen LogP contribution in [0.2, 0.25) is 0 Å². The quantitative estimate of drug-likeness (QED) is 0.838. The van der Waals surface area contributed by atoms with E-state index in [0.717, 1.165) is 16.5 Å².